The van der Waals surface area contributed by atoms with Crippen LogP contribution in [0.5, 0.6) is 0 Å². The lowest BCUT2D eigenvalue weighted by molar-refractivity contribution is -0.117. The van der Waals surface area contributed by atoms with E-state index in [9.17, 15) is 9.59 Å². The number of hydrogen-bond donors (Lipinski definition) is 3. The second kappa shape index (κ2) is 9.39. The Balaban J connectivity index is 1.95. The molecule has 132 valence electrons. The van der Waals surface area contributed by atoms with Crippen molar-refractivity contribution in [2.45, 2.75) is 20.3 Å². The van der Waals surface area contributed by atoms with Gasteiger partial charge in [-0.2, -0.15) is 0 Å². The van der Waals surface area contributed by atoms with Gasteiger partial charge in [0.25, 0.3) is 5.91 Å². The fraction of sp³-hybridized carbons (Fsp3) is 0.556. The zero-order valence-electron chi connectivity index (χ0n) is 14.6. The van der Waals surface area contributed by atoms with Crippen molar-refractivity contribution in [1.82, 2.24) is 15.5 Å². The average molecular weight is 332 g/mol. The van der Waals surface area contributed by atoms with E-state index in [1.807, 2.05) is 19.9 Å². The minimum absolute atomic E-state index is 0.0824. The van der Waals surface area contributed by atoms with Crippen molar-refractivity contribution in [3.63, 3.8) is 0 Å². The molecule has 1 aromatic carbocycles. The normalized spacial score (nSPS) is 15.8. The monoisotopic (exact) mass is 332 g/mol. The number of carbonyl (C=O) groups excluding carboxylic acids is 2. The molecule has 6 nitrogen and oxygen atoms in total. The number of carbonyl (C=O) groups is 2. The Bertz CT molecular complexity index is 552. The van der Waals surface area contributed by atoms with Gasteiger partial charge < -0.3 is 16.0 Å². The Labute approximate surface area is 144 Å². The Morgan fingerprint density at radius 3 is 2.79 bits per heavy atom. The third-order valence-corrected chi connectivity index (χ3v) is 3.92. The number of amides is 2. The van der Waals surface area contributed by atoms with Crippen molar-refractivity contribution in [2.75, 3.05) is 44.6 Å². The lowest BCUT2D eigenvalue weighted by Crippen LogP contribution is -2.36. The van der Waals surface area contributed by atoms with E-state index in [0.717, 1.165) is 32.6 Å². The molecule has 0 atom stereocenters. The van der Waals surface area contributed by atoms with E-state index in [2.05, 4.69) is 20.9 Å². The van der Waals surface area contributed by atoms with Gasteiger partial charge in [-0.1, -0.05) is 26.0 Å². The molecular formula is C18H28N4O2. The van der Waals surface area contributed by atoms with E-state index in [1.54, 1.807) is 18.2 Å². The molecule has 6 heteroatoms. The molecule has 0 unspecified atom stereocenters. The number of rotatable bonds is 6. The summed E-state index contributed by atoms with van der Waals surface area (Å²) in [5.74, 6) is 0.145. The first-order chi connectivity index (χ1) is 11.6. The van der Waals surface area contributed by atoms with Gasteiger partial charge in [0.15, 0.2) is 0 Å². The Morgan fingerprint density at radius 1 is 1.21 bits per heavy atom. The molecule has 0 aliphatic carbocycles. The van der Waals surface area contributed by atoms with Crippen molar-refractivity contribution >= 4 is 17.5 Å². The maximum Gasteiger partial charge on any atom is 0.253 e. The summed E-state index contributed by atoms with van der Waals surface area (Å²) in [6.45, 7) is 8.73. The van der Waals surface area contributed by atoms with E-state index in [0.29, 0.717) is 30.3 Å². The van der Waals surface area contributed by atoms with Crippen LogP contribution in [-0.4, -0.2) is 56.0 Å². The Morgan fingerprint density at radius 2 is 2.00 bits per heavy atom. The number of anilines is 1. The maximum absolute atomic E-state index is 12.3. The summed E-state index contributed by atoms with van der Waals surface area (Å²) in [6, 6.07) is 7.14. The Kier molecular flexibility index (Phi) is 7.21. The standard InChI is InChI=1S/C18H28N4O2/c1-14(2)12-20-18(24)15-6-3-4-7-16(15)21-17(23)13-22-10-5-8-19-9-11-22/h3-4,6-7,14,19H,5,8-13H2,1-2H3,(H,20,24)(H,21,23). The van der Waals surface area contributed by atoms with Crippen molar-refractivity contribution in [3.8, 4) is 0 Å². The van der Waals surface area contributed by atoms with Crippen molar-refractivity contribution in [1.29, 1.82) is 0 Å². The van der Waals surface area contributed by atoms with Crippen LogP contribution in [0.2, 0.25) is 0 Å². The van der Waals surface area contributed by atoms with Crippen LogP contribution in [0.25, 0.3) is 0 Å². The van der Waals surface area contributed by atoms with Gasteiger partial charge in [0, 0.05) is 19.6 Å². The average Bonchev–Trinajstić information content (AvgIpc) is 2.81. The first-order valence-corrected chi connectivity index (χ1v) is 8.66. The number of benzene rings is 1. The number of hydrogen-bond acceptors (Lipinski definition) is 4. The summed E-state index contributed by atoms with van der Waals surface area (Å²) in [4.78, 5) is 26.8. The summed E-state index contributed by atoms with van der Waals surface area (Å²) in [6.07, 6.45) is 1.04. The highest BCUT2D eigenvalue weighted by molar-refractivity contribution is 6.04. The van der Waals surface area contributed by atoms with Gasteiger partial charge >= 0.3 is 0 Å². The van der Waals surface area contributed by atoms with Crippen molar-refractivity contribution in [3.05, 3.63) is 29.8 Å². The summed E-state index contributed by atoms with van der Waals surface area (Å²) in [5.41, 5.74) is 1.07. The minimum Gasteiger partial charge on any atom is -0.352 e. The largest absolute Gasteiger partial charge is 0.352 e. The van der Waals surface area contributed by atoms with Crippen LogP contribution in [0, 0.1) is 5.92 Å². The first kappa shape index (κ1) is 18.4. The van der Waals surface area contributed by atoms with E-state index in [1.165, 1.54) is 0 Å². The van der Waals surface area contributed by atoms with Crippen LogP contribution in [0.4, 0.5) is 5.69 Å². The molecule has 0 spiro atoms. The van der Waals surface area contributed by atoms with Crippen molar-refractivity contribution < 1.29 is 9.59 Å². The van der Waals surface area contributed by atoms with Crippen LogP contribution >= 0.6 is 0 Å². The molecular weight excluding hydrogens is 304 g/mol. The summed E-state index contributed by atoms with van der Waals surface area (Å²) in [5, 5.41) is 9.10. The highest BCUT2D eigenvalue weighted by Crippen LogP contribution is 2.15. The molecule has 0 bridgehead atoms. The second-order valence-electron chi connectivity index (χ2n) is 6.58. The number of para-hydroxylation sites is 1. The van der Waals surface area contributed by atoms with Gasteiger partial charge in [-0.15, -0.1) is 0 Å². The first-order valence-electron chi connectivity index (χ1n) is 8.66. The number of nitrogens with one attached hydrogen (secondary N) is 3. The molecule has 1 heterocycles. The van der Waals surface area contributed by atoms with Crippen LogP contribution in [0.3, 0.4) is 0 Å². The lowest BCUT2D eigenvalue weighted by atomic mass is 10.1. The van der Waals surface area contributed by atoms with Crippen LogP contribution in [0.1, 0.15) is 30.6 Å². The second-order valence-corrected chi connectivity index (χ2v) is 6.58. The molecule has 1 fully saturated rings. The minimum atomic E-state index is -0.154. The molecule has 2 amide bonds. The lowest BCUT2D eigenvalue weighted by Gasteiger charge is -2.19. The highest BCUT2D eigenvalue weighted by Gasteiger charge is 2.16. The number of nitrogens with zero attached hydrogens (tertiary/aromatic N) is 1. The van der Waals surface area contributed by atoms with Gasteiger partial charge in [0.2, 0.25) is 5.91 Å². The SMILES string of the molecule is CC(C)CNC(=O)c1ccccc1NC(=O)CN1CCCNCC1. The summed E-state index contributed by atoms with van der Waals surface area (Å²) in [7, 11) is 0. The molecule has 1 aromatic rings. The van der Waals surface area contributed by atoms with Crippen molar-refractivity contribution in [2.24, 2.45) is 5.92 Å². The predicted molar refractivity (Wildman–Crippen MR) is 96.2 cm³/mol. The molecule has 0 aromatic heterocycles. The Hall–Kier alpha value is -1.92. The summed E-state index contributed by atoms with van der Waals surface area (Å²) < 4.78 is 0. The van der Waals surface area contributed by atoms with Gasteiger partial charge in [-0.05, 0) is 37.6 Å². The van der Waals surface area contributed by atoms with Gasteiger partial charge in [0.05, 0.1) is 17.8 Å². The van der Waals surface area contributed by atoms with Gasteiger partial charge in [-0.3, -0.25) is 14.5 Å². The molecule has 1 aliphatic rings. The van der Waals surface area contributed by atoms with E-state index in [4.69, 9.17) is 0 Å². The predicted octanol–water partition coefficient (Wildman–Crippen LogP) is 1.31. The quantitative estimate of drug-likeness (QED) is 0.734. The highest BCUT2D eigenvalue weighted by atomic mass is 16.2. The smallest absolute Gasteiger partial charge is 0.253 e. The zero-order chi connectivity index (χ0) is 17.4. The molecule has 2 rings (SSSR count). The molecule has 0 saturated carbocycles. The van der Waals surface area contributed by atoms with E-state index >= 15 is 0 Å². The third kappa shape index (κ3) is 5.94. The topological polar surface area (TPSA) is 73.5 Å². The third-order valence-electron chi connectivity index (χ3n) is 3.92. The van der Waals surface area contributed by atoms with Crippen LogP contribution < -0.4 is 16.0 Å². The molecule has 1 saturated heterocycles. The van der Waals surface area contributed by atoms with Gasteiger partial charge in [0.1, 0.15) is 0 Å². The maximum atomic E-state index is 12.3. The van der Waals surface area contributed by atoms with Gasteiger partial charge in [-0.25, -0.2) is 0 Å². The molecule has 0 radical (unpaired) electrons. The molecule has 1 aliphatic heterocycles. The summed E-state index contributed by atoms with van der Waals surface area (Å²) >= 11 is 0. The molecule has 24 heavy (non-hydrogen) atoms. The van der Waals surface area contributed by atoms with E-state index < -0.39 is 0 Å². The molecule has 3 N–H and O–H groups in total. The van der Waals surface area contributed by atoms with Crippen LogP contribution in [0.15, 0.2) is 24.3 Å². The zero-order valence-corrected chi connectivity index (χ0v) is 14.6. The fourth-order valence-electron chi connectivity index (χ4n) is 2.63. The van der Waals surface area contributed by atoms with E-state index in [-0.39, 0.29) is 11.8 Å². The fourth-order valence-corrected chi connectivity index (χ4v) is 2.63. The van der Waals surface area contributed by atoms with Crippen LogP contribution in [-0.2, 0) is 4.79 Å².